The van der Waals surface area contributed by atoms with Gasteiger partial charge in [0.1, 0.15) is 0 Å². The van der Waals surface area contributed by atoms with Crippen LogP contribution in [0.3, 0.4) is 0 Å². The van der Waals surface area contributed by atoms with E-state index in [1.807, 2.05) is 6.92 Å². The highest BCUT2D eigenvalue weighted by molar-refractivity contribution is 5.32. The molecule has 0 aromatic rings. The smallest absolute Gasteiger partial charge is 0.211 e. The van der Waals surface area contributed by atoms with Crippen molar-refractivity contribution >= 4 is 6.08 Å². The molecule has 0 bridgehead atoms. The molecular formula is C6H10NO. The van der Waals surface area contributed by atoms with Gasteiger partial charge in [0.05, 0.1) is 6.54 Å². The largest absolute Gasteiger partial charge is 0.234 e. The van der Waals surface area contributed by atoms with E-state index in [0.717, 1.165) is 12.8 Å². The van der Waals surface area contributed by atoms with Gasteiger partial charge in [-0.25, -0.2) is 9.79 Å². The van der Waals surface area contributed by atoms with Crippen LogP contribution in [-0.2, 0) is 4.79 Å². The van der Waals surface area contributed by atoms with E-state index in [-0.39, 0.29) is 0 Å². The van der Waals surface area contributed by atoms with Crippen molar-refractivity contribution < 1.29 is 4.79 Å². The molecule has 0 saturated carbocycles. The molecule has 0 aliphatic heterocycles. The first-order valence-corrected chi connectivity index (χ1v) is 2.73. The third-order valence-corrected chi connectivity index (χ3v) is 0.827. The van der Waals surface area contributed by atoms with E-state index >= 15 is 0 Å². The van der Waals surface area contributed by atoms with E-state index in [2.05, 4.69) is 11.4 Å². The van der Waals surface area contributed by atoms with Gasteiger partial charge >= 0.3 is 0 Å². The summed E-state index contributed by atoms with van der Waals surface area (Å²) in [5.41, 5.74) is 0. The van der Waals surface area contributed by atoms with Crippen molar-refractivity contribution in [2.45, 2.75) is 19.8 Å². The molecule has 0 aliphatic rings. The minimum absolute atomic E-state index is 0.619. The van der Waals surface area contributed by atoms with E-state index in [1.165, 1.54) is 6.08 Å². The molecule has 8 heavy (non-hydrogen) atoms. The van der Waals surface area contributed by atoms with E-state index in [1.54, 1.807) is 0 Å². The third-order valence-electron chi connectivity index (χ3n) is 0.827. The molecule has 0 amide bonds. The lowest BCUT2D eigenvalue weighted by Crippen LogP contribution is -1.78. The average molecular weight is 112 g/mol. The number of hydrogen-bond acceptors (Lipinski definition) is 2. The van der Waals surface area contributed by atoms with Gasteiger partial charge in [0.15, 0.2) is 0 Å². The summed E-state index contributed by atoms with van der Waals surface area (Å²) in [6.07, 6.45) is 5.54. The second-order valence-corrected chi connectivity index (χ2v) is 1.52. The monoisotopic (exact) mass is 112 g/mol. The molecule has 0 atom stereocenters. The fraction of sp³-hybridized carbons (Fsp3) is 0.667. The predicted molar refractivity (Wildman–Crippen MR) is 32.2 cm³/mol. The van der Waals surface area contributed by atoms with Crippen molar-refractivity contribution in [2.75, 3.05) is 6.54 Å². The van der Waals surface area contributed by atoms with Crippen molar-refractivity contribution in [1.82, 2.24) is 0 Å². The van der Waals surface area contributed by atoms with E-state index in [4.69, 9.17) is 0 Å². The van der Waals surface area contributed by atoms with Crippen molar-refractivity contribution in [1.29, 1.82) is 0 Å². The maximum Gasteiger partial charge on any atom is 0.234 e. The van der Waals surface area contributed by atoms with Gasteiger partial charge in [-0.3, -0.25) is 0 Å². The second-order valence-electron chi connectivity index (χ2n) is 1.52. The first-order chi connectivity index (χ1) is 3.91. The lowest BCUT2D eigenvalue weighted by atomic mass is 10.3. The first-order valence-electron chi connectivity index (χ1n) is 2.73. The molecule has 0 rings (SSSR count). The summed E-state index contributed by atoms with van der Waals surface area (Å²) >= 11 is 0. The highest BCUT2D eigenvalue weighted by Gasteiger charge is 1.80. The van der Waals surface area contributed by atoms with Crippen LogP contribution < -0.4 is 0 Å². The standard InChI is InChI=1S/C6H10NO/c1-2-3-4-5-7-6-8/h2H,3-5H2,1H3. The van der Waals surface area contributed by atoms with Crippen LogP contribution in [0.25, 0.3) is 0 Å². The highest BCUT2D eigenvalue weighted by Crippen LogP contribution is 1.90. The summed E-state index contributed by atoms with van der Waals surface area (Å²) in [7, 11) is 0. The molecule has 2 heteroatoms. The van der Waals surface area contributed by atoms with E-state index < -0.39 is 0 Å². The predicted octanol–water partition coefficient (Wildman–Crippen LogP) is 1.33. The average Bonchev–Trinajstić information content (AvgIpc) is 1.81. The maximum absolute atomic E-state index is 9.47. The minimum atomic E-state index is 0.619. The molecule has 1 radical (unpaired) electrons. The molecule has 0 saturated heterocycles. The number of isocyanates is 1. The molecule has 0 aromatic carbocycles. The van der Waals surface area contributed by atoms with Crippen LogP contribution in [0.15, 0.2) is 4.99 Å². The molecule has 45 valence electrons. The molecule has 0 heterocycles. The van der Waals surface area contributed by atoms with Gasteiger partial charge < -0.3 is 0 Å². The molecule has 0 aliphatic carbocycles. The quantitative estimate of drug-likeness (QED) is 0.306. The number of aliphatic imine (C=N–C) groups is 1. The van der Waals surface area contributed by atoms with Gasteiger partial charge in [-0.05, 0) is 19.3 Å². The molecule has 0 unspecified atom stereocenters. The van der Waals surface area contributed by atoms with Crippen molar-refractivity contribution in [2.24, 2.45) is 4.99 Å². The van der Waals surface area contributed by atoms with Crippen LogP contribution in [-0.4, -0.2) is 12.6 Å². The highest BCUT2D eigenvalue weighted by atomic mass is 16.1. The number of hydrogen-bond donors (Lipinski definition) is 0. The number of carbonyl (C=O) groups excluding carboxylic acids is 1. The molecule has 0 spiro atoms. The zero-order chi connectivity index (χ0) is 6.24. The summed E-state index contributed by atoms with van der Waals surface area (Å²) in [6.45, 7) is 2.61. The summed E-state index contributed by atoms with van der Waals surface area (Å²) < 4.78 is 0. The van der Waals surface area contributed by atoms with Crippen LogP contribution in [0.4, 0.5) is 0 Å². The SMILES string of the molecule is C[CH]CCCN=C=O. The van der Waals surface area contributed by atoms with Crippen LogP contribution in [0.1, 0.15) is 19.8 Å². The molecule has 2 nitrogen and oxygen atoms in total. The van der Waals surface area contributed by atoms with E-state index in [9.17, 15) is 4.79 Å². The topological polar surface area (TPSA) is 29.4 Å². The van der Waals surface area contributed by atoms with Crippen LogP contribution >= 0.6 is 0 Å². The normalized spacial score (nSPS) is 8.12. The van der Waals surface area contributed by atoms with Gasteiger partial charge in [0.2, 0.25) is 6.08 Å². The Kier molecular flexibility index (Phi) is 5.89. The molecule has 0 N–H and O–H groups in total. The van der Waals surface area contributed by atoms with Gasteiger partial charge in [0, 0.05) is 0 Å². The second kappa shape index (κ2) is 6.38. The molecular weight excluding hydrogens is 102 g/mol. The Hall–Kier alpha value is -0.620. The lowest BCUT2D eigenvalue weighted by Gasteiger charge is -1.86. The summed E-state index contributed by atoms with van der Waals surface area (Å²) in [4.78, 5) is 12.8. The third kappa shape index (κ3) is 5.38. The Morgan fingerprint density at radius 1 is 1.75 bits per heavy atom. The van der Waals surface area contributed by atoms with Crippen LogP contribution in [0, 0.1) is 6.42 Å². The van der Waals surface area contributed by atoms with Crippen molar-refractivity contribution in [3.05, 3.63) is 6.42 Å². The number of nitrogens with zero attached hydrogens (tertiary/aromatic N) is 1. The molecule has 0 aromatic heterocycles. The minimum Gasteiger partial charge on any atom is -0.211 e. The zero-order valence-corrected chi connectivity index (χ0v) is 5.05. The van der Waals surface area contributed by atoms with E-state index in [0.29, 0.717) is 6.54 Å². The van der Waals surface area contributed by atoms with Crippen LogP contribution in [0.5, 0.6) is 0 Å². The summed E-state index contributed by atoms with van der Waals surface area (Å²) in [5, 5.41) is 0. The zero-order valence-electron chi connectivity index (χ0n) is 5.05. The number of rotatable bonds is 4. The Balaban J connectivity index is 2.82. The Morgan fingerprint density at radius 2 is 2.50 bits per heavy atom. The van der Waals surface area contributed by atoms with Crippen LogP contribution in [0.2, 0.25) is 0 Å². The lowest BCUT2D eigenvalue weighted by molar-refractivity contribution is 0.562. The summed E-state index contributed by atoms with van der Waals surface area (Å²) in [6, 6.07) is 0. The Morgan fingerprint density at radius 3 is 3.00 bits per heavy atom. The van der Waals surface area contributed by atoms with Gasteiger partial charge in [-0.1, -0.05) is 6.92 Å². The number of unbranched alkanes of at least 4 members (excludes halogenated alkanes) is 2. The van der Waals surface area contributed by atoms with Gasteiger partial charge in [0.25, 0.3) is 0 Å². The van der Waals surface area contributed by atoms with Gasteiger partial charge in [-0.15, -0.1) is 0 Å². The summed E-state index contributed by atoms with van der Waals surface area (Å²) in [5.74, 6) is 0. The Bertz CT molecular complexity index is 84.5. The fourth-order valence-corrected chi connectivity index (χ4v) is 0.420. The Labute approximate surface area is 49.6 Å². The first kappa shape index (κ1) is 7.38. The van der Waals surface area contributed by atoms with Crippen molar-refractivity contribution in [3.8, 4) is 0 Å². The molecule has 0 fully saturated rings. The van der Waals surface area contributed by atoms with Crippen molar-refractivity contribution in [3.63, 3.8) is 0 Å². The van der Waals surface area contributed by atoms with Gasteiger partial charge in [-0.2, -0.15) is 0 Å². The fourth-order valence-electron chi connectivity index (χ4n) is 0.420. The maximum atomic E-state index is 9.47.